The number of nitrogens with zero attached hydrogens (tertiary/aromatic N) is 1. The van der Waals surface area contributed by atoms with Crippen LogP contribution in [0.5, 0.6) is 5.75 Å². The number of carbonyl (C=O) groups excluding carboxylic acids is 2. The predicted octanol–water partition coefficient (Wildman–Crippen LogP) is 2.75. The molecule has 6 nitrogen and oxygen atoms in total. The van der Waals surface area contributed by atoms with E-state index in [1.54, 1.807) is 49.4 Å². The fourth-order valence-electron chi connectivity index (χ4n) is 1.95. The number of hydrogen-bond acceptors (Lipinski definition) is 5. The lowest BCUT2D eigenvalue weighted by Crippen LogP contribution is -2.30. The molecule has 2 rings (SSSR count). The number of hydrogen-bond donors (Lipinski definition) is 1. The number of benzene rings is 2. The Labute approximate surface area is 139 Å². The van der Waals surface area contributed by atoms with Crippen molar-refractivity contribution in [1.29, 1.82) is 5.26 Å². The summed E-state index contributed by atoms with van der Waals surface area (Å²) in [5, 5.41) is 11.4. The van der Waals surface area contributed by atoms with Crippen LogP contribution in [0.1, 0.15) is 22.8 Å². The molecule has 0 heterocycles. The van der Waals surface area contributed by atoms with Crippen molar-refractivity contribution in [2.45, 2.75) is 13.0 Å². The molecule has 1 N–H and O–H groups in total. The second-order valence-corrected chi connectivity index (χ2v) is 4.96. The molecular formula is C18H16N2O4. The van der Waals surface area contributed by atoms with Gasteiger partial charge in [-0.15, -0.1) is 0 Å². The molecule has 0 aromatic heterocycles. The molecule has 2 aromatic rings. The van der Waals surface area contributed by atoms with Crippen LogP contribution in [0.2, 0.25) is 0 Å². The number of rotatable bonds is 5. The lowest BCUT2D eigenvalue weighted by Gasteiger charge is -2.15. The van der Waals surface area contributed by atoms with E-state index in [0.29, 0.717) is 22.6 Å². The minimum Gasteiger partial charge on any atom is -0.481 e. The lowest BCUT2D eigenvalue weighted by atomic mass is 10.2. The highest BCUT2D eigenvalue weighted by atomic mass is 16.5. The van der Waals surface area contributed by atoms with Gasteiger partial charge in [0.25, 0.3) is 5.91 Å². The number of anilines is 1. The number of esters is 1. The Balaban J connectivity index is 2.00. The summed E-state index contributed by atoms with van der Waals surface area (Å²) >= 11 is 0. The summed E-state index contributed by atoms with van der Waals surface area (Å²) in [7, 11) is 1.29. The Morgan fingerprint density at radius 2 is 1.88 bits per heavy atom. The summed E-state index contributed by atoms with van der Waals surface area (Å²) < 4.78 is 10.2. The molecule has 24 heavy (non-hydrogen) atoms. The van der Waals surface area contributed by atoms with E-state index in [-0.39, 0.29) is 5.91 Å². The van der Waals surface area contributed by atoms with Crippen LogP contribution < -0.4 is 10.1 Å². The summed E-state index contributed by atoms with van der Waals surface area (Å²) in [5.41, 5.74) is 1.33. The third kappa shape index (κ3) is 4.34. The minimum absolute atomic E-state index is 0.343. The maximum absolute atomic E-state index is 12.2. The molecule has 0 fully saturated rings. The second-order valence-electron chi connectivity index (χ2n) is 4.96. The monoisotopic (exact) mass is 324 g/mol. The zero-order chi connectivity index (χ0) is 17.5. The van der Waals surface area contributed by atoms with Crippen molar-refractivity contribution < 1.29 is 19.1 Å². The summed E-state index contributed by atoms with van der Waals surface area (Å²) in [4.78, 5) is 23.7. The number of methoxy groups -OCH3 is 1. The van der Waals surface area contributed by atoms with Crippen LogP contribution >= 0.6 is 0 Å². The Kier molecular flexibility index (Phi) is 5.53. The normalized spacial score (nSPS) is 11.0. The quantitative estimate of drug-likeness (QED) is 0.854. The van der Waals surface area contributed by atoms with Crippen molar-refractivity contribution in [3.63, 3.8) is 0 Å². The molecular weight excluding hydrogens is 308 g/mol. The van der Waals surface area contributed by atoms with Crippen molar-refractivity contribution in [1.82, 2.24) is 0 Å². The van der Waals surface area contributed by atoms with Gasteiger partial charge in [-0.3, -0.25) is 4.79 Å². The summed E-state index contributed by atoms with van der Waals surface area (Å²) in [6.45, 7) is 1.61. The number of ether oxygens (including phenoxy) is 2. The molecule has 2 aromatic carbocycles. The minimum atomic E-state index is -0.750. The molecule has 122 valence electrons. The first-order valence-electron chi connectivity index (χ1n) is 7.19. The van der Waals surface area contributed by atoms with Crippen LogP contribution in [0, 0.1) is 11.3 Å². The Morgan fingerprint density at radius 3 is 2.50 bits per heavy atom. The molecule has 0 bridgehead atoms. The van der Waals surface area contributed by atoms with Gasteiger partial charge in [-0.05, 0) is 49.4 Å². The molecule has 0 aliphatic rings. The molecule has 0 saturated heterocycles. The molecule has 0 aliphatic carbocycles. The van der Waals surface area contributed by atoms with Crippen molar-refractivity contribution in [3.8, 4) is 11.8 Å². The number of carbonyl (C=O) groups is 2. The predicted molar refractivity (Wildman–Crippen MR) is 87.7 cm³/mol. The zero-order valence-corrected chi connectivity index (χ0v) is 13.3. The van der Waals surface area contributed by atoms with Crippen LogP contribution in [0.4, 0.5) is 5.69 Å². The highest BCUT2D eigenvalue weighted by Gasteiger charge is 2.15. The van der Waals surface area contributed by atoms with E-state index in [1.807, 2.05) is 6.07 Å². The van der Waals surface area contributed by atoms with Gasteiger partial charge in [-0.2, -0.15) is 5.26 Å². The molecule has 6 heteroatoms. The largest absolute Gasteiger partial charge is 0.481 e. The van der Waals surface area contributed by atoms with Crippen LogP contribution in [0.3, 0.4) is 0 Å². The van der Waals surface area contributed by atoms with E-state index in [2.05, 4.69) is 10.1 Å². The zero-order valence-electron chi connectivity index (χ0n) is 13.3. The van der Waals surface area contributed by atoms with Crippen molar-refractivity contribution in [2.24, 2.45) is 0 Å². The van der Waals surface area contributed by atoms with Crippen LogP contribution in [0.25, 0.3) is 0 Å². The number of nitrogens with one attached hydrogen (secondary N) is 1. The molecule has 0 spiro atoms. The third-order valence-electron chi connectivity index (χ3n) is 3.22. The lowest BCUT2D eigenvalue weighted by molar-refractivity contribution is -0.122. The molecule has 0 unspecified atom stereocenters. The average molecular weight is 324 g/mol. The molecule has 0 aliphatic heterocycles. The average Bonchev–Trinajstić information content (AvgIpc) is 2.61. The van der Waals surface area contributed by atoms with E-state index in [0.717, 1.165) is 0 Å². The van der Waals surface area contributed by atoms with Crippen LogP contribution in [-0.4, -0.2) is 25.1 Å². The molecule has 1 amide bonds. The highest BCUT2D eigenvalue weighted by Crippen LogP contribution is 2.15. The first-order valence-corrected chi connectivity index (χ1v) is 7.19. The summed E-state index contributed by atoms with van der Waals surface area (Å²) in [5.74, 6) is -0.352. The van der Waals surface area contributed by atoms with E-state index in [9.17, 15) is 9.59 Å². The van der Waals surface area contributed by atoms with Gasteiger partial charge in [0, 0.05) is 5.69 Å². The van der Waals surface area contributed by atoms with E-state index < -0.39 is 12.1 Å². The van der Waals surface area contributed by atoms with E-state index in [4.69, 9.17) is 10.00 Å². The fourth-order valence-corrected chi connectivity index (χ4v) is 1.95. The van der Waals surface area contributed by atoms with Crippen LogP contribution in [-0.2, 0) is 9.53 Å². The van der Waals surface area contributed by atoms with Gasteiger partial charge >= 0.3 is 5.97 Å². The summed E-state index contributed by atoms with van der Waals surface area (Å²) in [6, 6.07) is 14.9. The molecule has 1 atom stereocenters. The Morgan fingerprint density at radius 1 is 1.17 bits per heavy atom. The van der Waals surface area contributed by atoms with Crippen molar-refractivity contribution in [3.05, 3.63) is 59.7 Å². The smallest absolute Gasteiger partial charge is 0.337 e. The standard InChI is InChI=1S/C18H16N2O4/c1-12(24-16-8-6-13(11-19)7-9-16)17(21)20-15-5-3-4-14(10-15)18(22)23-2/h3-10,12H,1-2H3,(H,20,21)/t12-/m0/s1. The van der Waals surface area contributed by atoms with Gasteiger partial charge in [-0.1, -0.05) is 6.07 Å². The number of nitriles is 1. The molecule has 0 saturated carbocycles. The van der Waals surface area contributed by atoms with Crippen LogP contribution in [0.15, 0.2) is 48.5 Å². The van der Waals surface area contributed by atoms with Gasteiger partial charge in [0.2, 0.25) is 0 Å². The molecule has 0 radical (unpaired) electrons. The highest BCUT2D eigenvalue weighted by molar-refractivity contribution is 5.96. The second kappa shape index (κ2) is 7.79. The Hall–Kier alpha value is -3.33. The first-order chi connectivity index (χ1) is 11.5. The third-order valence-corrected chi connectivity index (χ3v) is 3.22. The topological polar surface area (TPSA) is 88.4 Å². The van der Waals surface area contributed by atoms with Crippen molar-refractivity contribution >= 4 is 17.6 Å². The maximum Gasteiger partial charge on any atom is 0.337 e. The van der Waals surface area contributed by atoms with E-state index >= 15 is 0 Å². The fraction of sp³-hybridized carbons (Fsp3) is 0.167. The Bertz CT molecular complexity index is 778. The summed E-state index contributed by atoms with van der Waals surface area (Å²) in [6.07, 6.45) is -0.750. The van der Waals surface area contributed by atoms with Gasteiger partial charge in [0.05, 0.1) is 24.3 Å². The SMILES string of the molecule is COC(=O)c1cccc(NC(=O)[C@H](C)Oc2ccc(C#N)cc2)c1. The maximum atomic E-state index is 12.2. The van der Waals surface area contributed by atoms with Crippen molar-refractivity contribution in [2.75, 3.05) is 12.4 Å². The van der Waals surface area contributed by atoms with Gasteiger partial charge < -0.3 is 14.8 Å². The van der Waals surface area contributed by atoms with Gasteiger partial charge in [0.15, 0.2) is 6.10 Å². The van der Waals surface area contributed by atoms with Gasteiger partial charge in [0.1, 0.15) is 5.75 Å². The van der Waals surface area contributed by atoms with Gasteiger partial charge in [-0.25, -0.2) is 4.79 Å². The first kappa shape index (κ1) is 17.0. The number of amides is 1. The van der Waals surface area contributed by atoms with E-state index in [1.165, 1.54) is 13.2 Å².